The SMILES string of the molecule is COCc1nn2c(C(=O)NC3Cc4cccnc4C3)ccnc2c1C(N)=O. The van der Waals surface area contributed by atoms with E-state index in [1.54, 1.807) is 12.3 Å². The molecule has 3 aromatic rings. The summed E-state index contributed by atoms with van der Waals surface area (Å²) in [6.07, 6.45) is 4.61. The largest absolute Gasteiger partial charge is 0.378 e. The first-order valence-electron chi connectivity index (χ1n) is 8.47. The number of carbonyl (C=O) groups excluding carboxylic acids is 2. The van der Waals surface area contributed by atoms with Crippen molar-refractivity contribution in [3.8, 4) is 0 Å². The fourth-order valence-electron chi connectivity index (χ4n) is 3.42. The molecule has 27 heavy (non-hydrogen) atoms. The molecule has 0 aliphatic heterocycles. The minimum atomic E-state index is -0.667. The van der Waals surface area contributed by atoms with Gasteiger partial charge < -0.3 is 15.8 Å². The number of pyridine rings is 1. The zero-order valence-corrected chi connectivity index (χ0v) is 14.7. The van der Waals surface area contributed by atoms with Crippen molar-refractivity contribution in [3.05, 3.63) is 58.8 Å². The van der Waals surface area contributed by atoms with E-state index < -0.39 is 5.91 Å². The van der Waals surface area contributed by atoms with Crippen molar-refractivity contribution in [2.75, 3.05) is 7.11 Å². The van der Waals surface area contributed by atoms with E-state index in [1.807, 2.05) is 12.1 Å². The number of hydrogen-bond acceptors (Lipinski definition) is 6. The molecule has 2 amide bonds. The van der Waals surface area contributed by atoms with Gasteiger partial charge >= 0.3 is 0 Å². The van der Waals surface area contributed by atoms with Gasteiger partial charge in [-0.25, -0.2) is 9.50 Å². The molecule has 0 saturated carbocycles. The lowest BCUT2D eigenvalue weighted by atomic mass is 10.2. The molecular formula is C18H18N6O3. The van der Waals surface area contributed by atoms with Gasteiger partial charge in [-0.15, -0.1) is 0 Å². The topological polar surface area (TPSA) is 124 Å². The Morgan fingerprint density at radius 2 is 2.15 bits per heavy atom. The van der Waals surface area contributed by atoms with E-state index in [4.69, 9.17) is 10.5 Å². The fourth-order valence-corrected chi connectivity index (χ4v) is 3.42. The number of nitrogens with two attached hydrogens (primary N) is 1. The highest BCUT2D eigenvalue weighted by Crippen LogP contribution is 2.20. The first-order chi connectivity index (χ1) is 13.1. The number of rotatable bonds is 5. The van der Waals surface area contributed by atoms with E-state index in [2.05, 4.69) is 20.4 Å². The molecule has 3 heterocycles. The minimum absolute atomic E-state index is 0.0461. The molecule has 3 aromatic heterocycles. The summed E-state index contributed by atoms with van der Waals surface area (Å²) in [4.78, 5) is 33.2. The van der Waals surface area contributed by atoms with Crippen LogP contribution >= 0.6 is 0 Å². The number of methoxy groups -OCH3 is 1. The maximum Gasteiger partial charge on any atom is 0.270 e. The van der Waals surface area contributed by atoms with E-state index in [-0.39, 0.29) is 35.5 Å². The molecule has 0 bridgehead atoms. The van der Waals surface area contributed by atoms with Crippen LogP contribution in [0, 0.1) is 0 Å². The van der Waals surface area contributed by atoms with E-state index in [1.165, 1.54) is 17.8 Å². The van der Waals surface area contributed by atoms with Gasteiger partial charge in [-0.05, 0) is 24.1 Å². The Kier molecular flexibility index (Phi) is 4.28. The molecule has 0 aromatic carbocycles. The van der Waals surface area contributed by atoms with Crippen LogP contribution < -0.4 is 11.1 Å². The van der Waals surface area contributed by atoms with Crippen molar-refractivity contribution in [3.63, 3.8) is 0 Å². The van der Waals surface area contributed by atoms with E-state index >= 15 is 0 Å². The first kappa shape index (κ1) is 17.1. The molecule has 1 atom stereocenters. The van der Waals surface area contributed by atoms with Crippen LogP contribution in [0.5, 0.6) is 0 Å². The summed E-state index contributed by atoms with van der Waals surface area (Å²) in [6.45, 7) is 0.0896. The number of nitrogens with zero attached hydrogens (tertiary/aromatic N) is 4. The van der Waals surface area contributed by atoms with Crippen molar-refractivity contribution >= 4 is 17.5 Å². The third-order valence-electron chi connectivity index (χ3n) is 4.58. The number of aromatic nitrogens is 4. The number of nitrogens with one attached hydrogen (secondary N) is 1. The highest BCUT2D eigenvalue weighted by Gasteiger charge is 2.26. The number of primary amides is 1. The second-order valence-corrected chi connectivity index (χ2v) is 6.37. The van der Waals surface area contributed by atoms with Gasteiger partial charge in [0, 0.05) is 37.7 Å². The van der Waals surface area contributed by atoms with Gasteiger partial charge in [-0.3, -0.25) is 14.6 Å². The second-order valence-electron chi connectivity index (χ2n) is 6.37. The molecule has 0 spiro atoms. The van der Waals surface area contributed by atoms with Crippen LogP contribution in [0.1, 0.15) is 37.8 Å². The fraction of sp³-hybridized carbons (Fsp3) is 0.278. The summed E-state index contributed by atoms with van der Waals surface area (Å²) in [5.74, 6) is -0.970. The molecule has 1 aliphatic carbocycles. The Balaban J connectivity index is 1.65. The summed E-state index contributed by atoms with van der Waals surface area (Å²) in [7, 11) is 1.49. The number of ether oxygens (including phenoxy) is 1. The van der Waals surface area contributed by atoms with Gasteiger partial charge in [-0.1, -0.05) is 6.07 Å². The monoisotopic (exact) mass is 366 g/mol. The van der Waals surface area contributed by atoms with Gasteiger partial charge in [0.2, 0.25) is 0 Å². The molecule has 1 aliphatic rings. The quantitative estimate of drug-likeness (QED) is 0.668. The van der Waals surface area contributed by atoms with Crippen molar-refractivity contribution in [1.29, 1.82) is 0 Å². The average molecular weight is 366 g/mol. The highest BCUT2D eigenvalue weighted by atomic mass is 16.5. The molecule has 4 rings (SSSR count). The van der Waals surface area contributed by atoms with Crippen LogP contribution in [0.3, 0.4) is 0 Å². The number of fused-ring (bicyclic) bond motifs is 2. The van der Waals surface area contributed by atoms with E-state index in [9.17, 15) is 9.59 Å². The lowest BCUT2D eigenvalue weighted by Gasteiger charge is -2.12. The van der Waals surface area contributed by atoms with Crippen molar-refractivity contribution in [2.24, 2.45) is 5.73 Å². The molecule has 138 valence electrons. The van der Waals surface area contributed by atoms with Crippen LogP contribution in [0.4, 0.5) is 0 Å². The molecule has 0 radical (unpaired) electrons. The van der Waals surface area contributed by atoms with Crippen molar-refractivity contribution in [2.45, 2.75) is 25.5 Å². The first-order valence-corrected chi connectivity index (χ1v) is 8.47. The Hall–Kier alpha value is -3.33. The minimum Gasteiger partial charge on any atom is -0.378 e. The summed E-state index contributed by atoms with van der Waals surface area (Å²) in [5, 5.41) is 7.32. The van der Waals surface area contributed by atoms with Crippen LogP contribution in [0.25, 0.3) is 5.65 Å². The van der Waals surface area contributed by atoms with Crippen molar-refractivity contribution < 1.29 is 14.3 Å². The normalized spacial score (nSPS) is 15.7. The third kappa shape index (κ3) is 3.02. The lowest BCUT2D eigenvalue weighted by molar-refractivity contribution is 0.0929. The maximum atomic E-state index is 12.8. The molecule has 9 heteroatoms. The van der Waals surface area contributed by atoms with E-state index in [0.717, 1.165) is 17.7 Å². The van der Waals surface area contributed by atoms with Gasteiger partial charge in [0.1, 0.15) is 17.0 Å². The smallest absolute Gasteiger partial charge is 0.270 e. The summed E-state index contributed by atoms with van der Waals surface area (Å²) < 4.78 is 6.41. The van der Waals surface area contributed by atoms with Crippen LogP contribution in [0.2, 0.25) is 0 Å². The molecule has 3 N–H and O–H groups in total. The summed E-state index contributed by atoms with van der Waals surface area (Å²) in [5.41, 5.74) is 8.61. The van der Waals surface area contributed by atoms with Gasteiger partial charge in [0.25, 0.3) is 11.8 Å². The Morgan fingerprint density at radius 3 is 2.89 bits per heavy atom. The molecule has 9 nitrogen and oxygen atoms in total. The van der Waals surface area contributed by atoms with Gasteiger partial charge in [-0.2, -0.15) is 5.10 Å². The number of amides is 2. The zero-order chi connectivity index (χ0) is 19.0. The van der Waals surface area contributed by atoms with Crippen molar-refractivity contribution in [1.82, 2.24) is 24.9 Å². The molecular weight excluding hydrogens is 348 g/mol. The molecule has 0 fully saturated rings. The van der Waals surface area contributed by atoms with Crippen LogP contribution in [0.15, 0.2) is 30.6 Å². The van der Waals surface area contributed by atoms with Gasteiger partial charge in [0.05, 0.1) is 6.61 Å². The summed E-state index contributed by atoms with van der Waals surface area (Å²) in [6, 6.07) is 5.41. The average Bonchev–Trinajstić information content (AvgIpc) is 3.21. The second kappa shape index (κ2) is 6.76. The predicted molar refractivity (Wildman–Crippen MR) is 95.1 cm³/mol. The number of carbonyl (C=O) groups is 2. The zero-order valence-electron chi connectivity index (χ0n) is 14.7. The summed E-state index contributed by atoms with van der Waals surface area (Å²) >= 11 is 0. The Labute approximate surface area is 154 Å². The maximum absolute atomic E-state index is 12.8. The Bertz CT molecular complexity index is 1020. The number of hydrogen-bond donors (Lipinski definition) is 2. The molecule has 1 unspecified atom stereocenters. The van der Waals surface area contributed by atoms with Crippen LogP contribution in [-0.2, 0) is 24.2 Å². The lowest BCUT2D eigenvalue weighted by Crippen LogP contribution is -2.36. The highest BCUT2D eigenvalue weighted by molar-refractivity contribution is 6.01. The Morgan fingerprint density at radius 1 is 1.30 bits per heavy atom. The predicted octanol–water partition coefficient (Wildman–Crippen LogP) is 0.267. The third-order valence-corrected chi connectivity index (χ3v) is 4.58. The van der Waals surface area contributed by atoms with Gasteiger partial charge in [0.15, 0.2) is 5.65 Å². The standard InChI is InChI=1S/C18H18N6O3/c1-27-9-13-15(16(19)25)17-21-6-4-14(24(17)23-13)18(26)22-11-7-10-3-2-5-20-12(10)8-11/h2-6,11H,7-9H2,1H3,(H2,19,25)(H,22,26). The van der Waals surface area contributed by atoms with Crippen LogP contribution in [-0.4, -0.2) is 44.5 Å². The molecule has 0 saturated heterocycles. The van der Waals surface area contributed by atoms with E-state index in [0.29, 0.717) is 12.1 Å².